The summed E-state index contributed by atoms with van der Waals surface area (Å²) in [5.41, 5.74) is 3.64. The highest BCUT2D eigenvalue weighted by Crippen LogP contribution is 2.37. The average molecular weight is 274 g/mol. The third kappa shape index (κ3) is 2.31. The molecular weight excluding hydrogens is 256 g/mol. The molecule has 3 rings (SSSR count). The lowest BCUT2D eigenvalue weighted by Crippen LogP contribution is -2.36. The van der Waals surface area contributed by atoms with Crippen LogP contribution in [0.25, 0.3) is 0 Å². The van der Waals surface area contributed by atoms with Crippen molar-refractivity contribution in [1.82, 2.24) is 10.3 Å². The number of para-hydroxylation sites is 2. The minimum Gasteiger partial charge on any atom is -0.371 e. The van der Waals surface area contributed by atoms with Crippen molar-refractivity contribution in [3.63, 3.8) is 0 Å². The van der Waals surface area contributed by atoms with Crippen LogP contribution in [0.4, 0.5) is 16.5 Å². The highest BCUT2D eigenvalue weighted by molar-refractivity contribution is 7.13. The first kappa shape index (κ1) is 12.4. The van der Waals surface area contributed by atoms with Crippen molar-refractivity contribution < 1.29 is 0 Å². The second kappa shape index (κ2) is 5.19. The van der Waals surface area contributed by atoms with Gasteiger partial charge in [-0.25, -0.2) is 4.98 Å². The molecule has 5 heteroatoms. The molecule has 0 saturated heterocycles. The Morgan fingerprint density at radius 2 is 2.05 bits per heavy atom. The molecule has 0 aliphatic carbocycles. The summed E-state index contributed by atoms with van der Waals surface area (Å²) in [6, 6.07) is 8.52. The van der Waals surface area contributed by atoms with Crippen molar-refractivity contribution in [2.75, 3.05) is 37.0 Å². The van der Waals surface area contributed by atoms with Crippen molar-refractivity contribution in [3.05, 3.63) is 35.3 Å². The van der Waals surface area contributed by atoms with Gasteiger partial charge in [0.05, 0.1) is 17.1 Å². The van der Waals surface area contributed by atoms with Crippen molar-refractivity contribution in [1.29, 1.82) is 0 Å². The minimum atomic E-state index is 0.825. The van der Waals surface area contributed by atoms with E-state index in [1.165, 1.54) is 11.4 Å². The van der Waals surface area contributed by atoms with E-state index in [9.17, 15) is 0 Å². The minimum absolute atomic E-state index is 0.825. The normalized spacial score (nSPS) is 14.6. The summed E-state index contributed by atoms with van der Waals surface area (Å²) in [5.74, 6) is 0. The Balaban J connectivity index is 1.95. The summed E-state index contributed by atoms with van der Waals surface area (Å²) >= 11 is 1.72. The van der Waals surface area contributed by atoms with Gasteiger partial charge in [0.2, 0.25) is 0 Å². The van der Waals surface area contributed by atoms with Crippen molar-refractivity contribution in [2.45, 2.75) is 6.54 Å². The second-order valence-corrected chi connectivity index (χ2v) is 5.55. The van der Waals surface area contributed by atoms with Crippen LogP contribution in [0.3, 0.4) is 0 Å². The van der Waals surface area contributed by atoms with Gasteiger partial charge in [-0.15, -0.1) is 11.3 Å². The van der Waals surface area contributed by atoms with E-state index in [0.717, 1.165) is 30.5 Å². The van der Waals surface area contributed by atoms with Crippen LogP contribution in [0.2, 0.25) is 0 Å². The van der Waals surface area contributed by atoms with Crippen LogP contribution in [0, 0.1) is 0 Å². The fourth-order valence-corrected chi connectivity index (χ4v) is 3.25. The van der Waals surface area contributed by atoms with E-state index in [1.54, 1.807) is 11.3 Å². The molecule has 2 aromatic rings. The van der Waals surface area contributed by atoms with Gasteiger partial charge < -0.3 is 15.1 Å². The monoisotopic (exact) mass is 274 g/mol. The molecule has 0 unspecified atom stereocenters. The predicted octanol–water partition coefficient (Wildman–Crippen LogP) is 2.45. The van der Waals surface area contributed by atoms with Crippen LogP contribution in [0.5, 0.6) is 0 Å². The molecule has 0 saturated carbocycles. The lowest BCUT2D eigenvalue weighted by Gasteiger charge is -2.35. The Bertz CT molecular complexity index is 566. The lowest BCUT2D eigenvalue weighted by atomic mass is 10.2. The molecule has 0 amide bonds. The first-order valence-corrected chi connectivity index (χ1v) is 7.34. The van der Waals surface area contributed by atoms with Gasteiger partial charge in [-0.3, -0.25) is 0 Å². The molecule has 100 valence electrons. The number of benzene rings is 1. The number of nitrogens with zero attached hydrogens (tertiary/aromatic N) is 3. The summed E-state index contributed by atoms with van der Waals surface area (Å²) in [6.45, 7) is 2.84. The maximum atomic E-state index is 4.71. The van der Waals surface area contributed by atoms with Crippen molar-refractivity contribution in [2.24, 2.45) is 0 Å². The number of aromatic nitrogens is 1. The molecule has 0 radical (unpaired) electrons. The summed E-state index contributed by atoms with van der Waals surface area (Å²) < 4.78 is 0. The number of thiazole rings is 1. The molecule has 2 heterocycles. The van der Waals surface area contributed by atoms with Crippen LogP contribution in [0.1, 0.15) is 5.69 Å². The quantitative estimate of drug-likeness (QED) is 0.931. The van der Waals surface area contributed by atoms with Crippen LogP contribution in [-0.2, 0) is 6.54 Å². The van der Waals surface area contributed by atoms with Crippen molar-refractivity contribution in [3.8, 4) is 0 Å². The Morgan fingerprint density at radius 3 is 2.84 bits per heavy atom. The van der Waals surface area contributed by atoms with Gasteiger partial charge in [-0.2, -0.15) is 0 Å². The zero-order valence-corrected chi connectivity index (χ0v) is 12.1. The fourth-order valence-electron chi connectivity index (χ4n) is 2.39. The summed E-state index contributed by atoms with van der Waals surface area (Å²) in [4.78, 5) is 9.33. The number of likely N-dealkylation sites (N-methyl/N-ethyl adjacent to an activating group) is 1. The van der Waals surface area contributed by atoms with Gasteiger partial charge >= 0.3 is 0 Å². The summed E-state index contributed by atoms with van der Waals surface area (Å²) in [7, 11) is 4.09. The molecule has 1 aliphatic rings. The SMILES string of the molecule is CNCc1csc(N2CCN(C)c3ccccc32)n1. The van der Waals surface area contributed by atoms with E-state index < -0.39 is 0 Å². The van der Waals surface area contributed by atoms with E-state index in [4.69, 9.17) is 4.98 Å². The van der Waals surface area contributed by atoms with Gasteiger partial charge in [0, 0.05) is 32.1 Å². The van der Waals surface area contributed by atoms with E-state index in [1.807, 2.05) is 7.05 Å². The number of rotatable bonds is 3. The molecular formula is C14H18N4S. The number of hydrogen-bond acceptors (Lipinski definition) is 5. The number of hydrogen-bond donors (Lipinski definition) is 1. The Morgan fingerprint density at radius 1 is 1.26 bits per heavy atom. The van der Waals surface area contributed by atoms with E-state index in [-0.39, 0.29) is 0 Å². The molecule has 0 bridgehead atoms. The van der Waals surface area contributed by atoms with Crippen LogP contribution in [0.15, 0.2) is 29.6 Å². The molecule has 1 aromatic carbocycles. The topological polar surface area (TPSA) is 31.4 Å². The molecule has 0 spiro atoms. The number of anilines is 3. The van der Waals surface area contributed by atoms with Crippen LogP contribution >= 0.6 is 11.3 Å². The highest BCUT2D eigenvalue weighted by Gasteiger charge is 2.22. The van der Waals surface area contributed by atoms with Gasteiger partial charge in [0.15, 0.2) is 5.13 Å². The molecule has 1 N–H and O–H groups in total. The Labute approximate surface area is 117 Å². The Kier molecular flexibility index (Phi) is 3.40. The summed E-state index contributed by atoms with van der Waals surface area (Å²) in [5, 5.41) is 6.36. The lowest BCUT2D eigenvalue weighted by molar-refractivity contribution is 0.787. The fraction of sp³-hybridized carbons (Fsp3) is 0.357. The first-order chi connectivity index (χ1) is 9.29. The molecule has 0 atom stereocenters. The molecule has 1 aliphatic heterocycles. The highest BCUT2D eigenvalue weighted by atomic mass is 32.1. The largest absolute Gasteiger partial charge is 0.371 e. The predicted molar refractivity (Wildman–Crippen MR) is 81.6 cm³/mol. The smallest absolute Gasteiger partial charge is 0.190 e. The van der Waals surface area contributed by atoms with E-state index in [2.05, 4.69) is 51.8 Å². The second-order valence-electron chi connectivity index (χ2n) is 4.71. The summed E-state index contributed by atoms with van der Waals surface area (Å²) in [6.07, 6.45) is 0. The van der Waals surface area contributed by atoms with E-state index >= 15 is 0 Å². The molecule has 4 nitrogen and oxygen atoms in total. The number of fused-ring (bicyclic) bond motifs is 1. The van der Waals surface area contributed by atoms with Crippen LogP contribution < -0.4 is 15.1 Å². The molecule has 19 heavy (non-hydrogen) atoms. The van der Waals surface area contributed by atoms with Crippen LogP contribution in [-0.4, -0.2) is 32.2 Å². The van der Waals surface area contributed by atoms with Gasteiger partial charge in [0.25, 0.3) is 0 Å². The van der Waals surface area contributed by atoms with Crippen molar-refractivity contribution >= 4 is 27.8 Å². The third-order valence-electron chi connectivity index (χ3n) is 3.37. The molecule has 1 aromatic heterocycles. The number of nitrogens with one attached hydrogen (secondary N) is 1. The standard InChI is InChI=1S/C14H18N4S/c1-15-9-11-10-19-14(16-11)18-8-7-17(2)12-5-3-4-6-13(12)18/h3-6,10,15H,7-9H2,1-2H3. The Hall–Kier alpha value is -1.59. The first-order valence-electron chi connectivity index (χ1n) is 6.46. The van der Waals surface area contributed by atoms with Gasteiger partial charge in [-0.1, -0.05) is 12.1 Å². The zero-order valence-electron chi connectivity index (χ0n) is 11.3. The third-order valence-corrected chi connectivity index (χ3v) is 4.28. The van der Waals surface area contributed by atoms with Gasteiger partial charge in [0.1, 0.15) is 0 Å². The maximum Gasteiger partial charge on any atom is 0.190 e. The van der Waals surface area contributed by atoms with E-state index in [0.29, 0.717) is 0 Å². The molecule has 0 fully saturated rings. The zero-order chi connectivity index (χ0) is 13.2. The average Bonchev–Trinajstić information content (AvgIpc) is 2.88. The maximum absolute atomic E-state index is 4.71. The van der Waals surface area contributed by atoms with Gasteiger partial charge in [-0.05, 0) is 19.2 Å².